The van der Waals surface area contributed by atoms with E-state index >= 15 is 0 Å². The average molecular weight is 422 g/mol. The summed E-state index contributed by atoms with van der Waals surface area (Å²) in [5.41, 5.74) is 2.24. The van der Waals surface area contributed by atoms with E-state index in [-0.39, 0.29) is 24.1 Å². The minimum Gasteiger partial charge on any atom is -0.345 e. The van der Waals surface area contributed by atoms with Gasteiger partial charge in [-0.05, 0) is 49.6 Å². The number of benzene rings is 2. The molecule has 1 fully saturated rings. The number of aryl methyl sites for hydroxylation is 1. The van der Waals surface area contributed by atoms with Crippen LogP contribution < -0.4 is 21.3 Å². The van der Waals surface area contributed by atoms with E-state index in [1.807, 2.05) is 25.1 Å². The molecule has 2 aromatic carbocycles. The van der Waals surface area contributed by atoms with Crippen LogP contribution >= 0.6 is 0 Å². The van der Waals surface area contributed by atoms with Crippen LogP contribution in [0.25, 0.3) is 0 Å². The van der Waals surface area contributed by atoms with Crippen molar-refractivity contribution in [2.45, 2.75) is 38.6 Å². The van der Waals surface area contributed by atoms with Crippen LogP contribution in [0.3, 0.4) is 0 Å². The maximum Gasteiger partial charge on any atom is 0.309 e. The Morgan fingerprint density at radius 1 is 0.903 bits per heavy atom. The van der Waals surface area contributed by atoms with Gasteiger partial charge in [0.15, 0.2) is 0 Å². The van der Waals surface area contributed by atoms with Crippen LogP contribution in [-0.2, 0) is 14.4 Å². The fourth-order valence-electron chi connectivity index (χ4n) is 3.47. The summed E-state index contributed by atoms with van der Waals surface area (Å²) in [5.74, 6) is -2.51. The topological polar surface area (TPSA) is 116 Å². The Kier molecular flexibility index (Phi) is 7.37. The zero-order chi connectivity index (χ0) is 22.2. The predicted octanol–water partition coefficient (Wildman–Crippen LogP) is 2.36. The molecule has 3 rings (SSSR count). The van der Waals surface area contributed by atoms with Crippen LogP contribution in [0.4, 0.5) is 11.4 Å². The number of para-hydroxylation sites is 1. The minimum absolute atomic E-state index is 0.0193. The highest BCUT2D eigenvalue weighted by Gasteiger charge is 2.22. The average Bonchev–Trinajstić information content (AvgIpc) is 3.25. The van der Waals surface area contributed by atoms with Crippen molar-refractivity contribution < 1.29 is 19.2 Å². The SMILES string of the molecule is Cc1cccc(NC(=O)c2ccccc2NC(=O)CNC(=O)C(=O)NC2CCCC2)c1. The number of hydrogen-bond donors (Lipinski definition) is 4. The Balaban J connectivity index is 1.54. The number of anilines is 2. The molecule has 0 aliphatic heterocycles. The van der Waals surface area contributed by atoms with Gasteiger partial charge >= 0.3 is 11.8 Å². The Labute approximate surface area is 180 Å². The molecule has 8 nitrogen and oxygen atoms in total. The molecule has 4 N–H and O–H groups in total. The van der Waals surface area contributed by atoms with Gasteiger partial charge in [0.05, 0.1) is 17.8 Å². The number of nitrogens with one attached hydrogen (secondary N) is 4. The number of amides is 4. The first kappa shape index (κ1) is 22.0. The lowest BCUT2D eigenvalue weighted by molar-refractivity contribution is -0.140. The van der Waals surface area contributed by atoms with Gasteiger partial charge in [-0.1, -0.05) is 37.1 Å². The van der Waals surface area contributed by atoms with Crippen LogP contribution in [0.15, 0.2) is 48.5 Å². The van der Waals surface area contributed by atoms with E-state index in [0.29, 0.717) is 11.4 Å². The molecule has 0 unspecified atom stereocenters. The van der Waals surface area contributed by atoms with Crippen molar-refractivity contribution in [1.82, 2.24) is 10.6 Å². The minimum atomic E-state index is -0.854. The first-order valence-electron chi connectivity index (χ1n) is 10.3. The molecule has 1 saturated carbocycles. The van der Waals surface area contributed by atoms with Gasteiger partial charge < -0.3 is 21.3 Å². The Morgan fingerprint density at radius 2 is 1.65 bits per heavy atom. The number of hydrogen-bond acceptors (Lipinski definition) is 4. The molecular formula is C23H26N4O4. The van der Waals surface area contributed by atoms with Crippen LogP contribution in [0.1, 0.15) is 41.6 Å². The summed E-state index contributed by atoms with van der Waals surface area (Å²) in [6, 6.07) is 14.0. The summed E-state index contributed by atoms with van der Waals surface area (Å²) in [4.78, 5) is 48.8. The molecule has 1 aliphatic carbocycles. The quantitative estimate of drug-likeness (QED) is 0.535. The molecule has 0 heterocycles. The van der Waals surface area contributed by atoms with Crippen LogP contribution in [-0.4, -0.2) is 36.2 Å². The Bertz CT molecular complexity index is 983. The third-order valence-electron chi connectivity index (χ3n) is 5.03. The number of carbonyl (C=O) groups is 4. The second kappa shape index (κ2) is 10.4. The van der Waals surface area contributed by atoms with Crippen molar-refractivity contribution in [2.24, 2.45) is 0 Å². The molecule has 8 heteroatoms. The monoisotopic (exact) mass is 422 g/mol. The fraction of sp³-hybridized carbons (Fsp3) is 0.304. The second-order valence-electron chi connectivity index (χ2n) is 7.55. The van der Waals surface area contributed by atoms with Crippen molar-refractivity contribution in [1.29, 1.82) is 0 Å². The highest BCUT2D eigenvalue weighted by molar-refractivity contribution is 6.35. The predicted molar refractivity (Wildman–Crippen MR) is 118 cm³/mol. The zero-order valence-corrected chi connectivity index (χ0v) is 17.4. The van der Waals surface area contributed by atoms with Crippen LogP contribution in [0, 0.1) is 6.92 Å². The summed E-state index contributed by atoms with van der Waals surface area (Å²) >= 11 is 0. The standard InChI is InChI=1S/C23H26N4O4/c1-15-7-6-10-17(13-15)26-21(29)18-11-4-5-12-19(18)27-20(28)14-24-22(30)23(31)25-16-8-2-3-9-16/h4-7,10-13,16H,2-3,8-9,14H2,1H3,(H,24,30)(H,25,31)(H,26,29)(H,27,28). The van der Waals surface area contributed by atoms with Gasteiger partial charge in [0.2, 0.25) is 5.91 Å². The molecule has 0 aromatic heterocycles. The molecule has 4 amide bonds. The fourth-order valence-corrected chi connectivity index (χ4v) is 3.47. The molecule has 162 valence electrons. The van der Waals surface area contributed by atoms with Crippen LogP contribution in [0.5, 0.6) is 0 Å². The lowest BCUT2D eigenvalue weighted by Crippen LogP contribution is -2.45. The van der Waals surface area contributed by atoms with Crippen molar-refractivity contribution in [3.05, 3.63) is 59.7 Å². The van der Waals surface area contributed by atoms with Gasteiger partial charge in [-0.15, -0.1) is 0 Å². The highest BCUT2D eigenvalue weighted by Crippen LogP contribution is 2.18. The molecule has 2 aromatic rings. The van der Waals surface area contributed by atoms with Gasteiger partial charge in [-0.3, -0.25) is 19.2 Å². The third-order valence-corrected chi connectivity index (χ3v) is 5.03. The second-order valence-corrected chi connectivity index (χ2v) is 7.55. The van der Waals surface area contributed by atoms with Gasteiger partial charge in [0.25, 0.3) is 5.91 Å². The third kappa shape index (κ3) is 6.40. The van der Waals surface area contributed by atoms with Crippen molar-refractivity contribution in [3.63, 3.8) is 0 Å². The van der Waals surface area contributed by atoms with E-state index in [1.165, 1.54) is 0 Å². The maximum absolute atomic E-state index is 12.7. The van der Waals surface area contributed by atoms with Gasteiger partial charge in [-0.25, -0.2) is 0 Å². The molecular weight excluding hydrogens is 396 g/mol. The van der Waals surface area contributed by atoms with Crippen molar-refractivity contribution in [2.75, 3.05) is 17.2 Å². The number of rotatable bonds is 6. The maximum atomic E-state index is 12.7. The summed E-state index contributed by atoms with van der Waals surface area (Å²) in [6.07, 6.45) is 3.79. The summed E-state index contributed by atoms with van der Waals surface area (Å²) in [6.45, 7) is 1.54. The van der Waals surface area contributed by atoms with Gasteiger partial charge in [0, 0.05) is 11.7 Å². The van der Waals surface area contributed by atoms with Crippen LogP contribution in [0.2, 0.25) is 0 Å². The molecule has 1 aliphatic rings. The van der Waals surface area contributed by atoms with Crippen molar-refractivity contribution >= 4 is 35.0 Å². The first-order valence-corrected chi connectivity index (χ1v) is 10.3. The lowest BCUT2D eigenvalue weighted by Gasteiger charge is -2.13. The van der Waals surface area contributed by atoms with E-state index in [1.54, 1.807) is 30.3 Å². The molecule has 31 heavy (non-hydrogen) atoms. The molecule has 0 radical (unpaired) electrons. The van der Waals surface area contributed by atoms with E-state index < -0.39 is 17.7 Å². The first-order chi connectivity index (χ1) is 14.9. The van der Waals surface area contributed by atoms with Crippen molar-refractivity contribution in [3.8, 4) is 0 Å². The number of carbonyl (C=O) groups excluding carboxylic acids is 4. The Hall–Kier alpha value is -3.68. The van der Waals surface area contributed by atoms with E-state index in [0.717, 1.165) is 31.2 Å². The Morgan fingerprint density at radius 3 is 2.39 bits per heavy atom. The summed E-state index contributed by atoms with van der Waals surface area (Å²) < 4.78 is 0. The zero-order valence-electron chi connectivity index (χ0n) is 17.4. The van der Waals surface area contributed by atoms with Gasteiger partial charge in [-0.2, -0.15) is 0 Å². The summed E-state index contributed by atoms with van der Waals surface area (Å²) in [7, 11) is 0. The molecule has 0 bridgehead atoms. The summed E-state index contributed by atoms with van der Waals surface area (Å²) in [5, 5.41) is 10.4. The lowest BCUT2D eigenvalue weighted by atomic mass is 10.1. The smallest absolute Gasteiger partial charge is 0.309 e. The molecule has 0 spiro atoms. The molecule has 0 saturated heterocycles. The van der Waals surface area contributed by atoms with E-state index in [9.17, 15) is 19.2 Å². The largest absolute Gasteiger partial charge is 0.345 e. The van der Waals surface area contributed by atoms with Gasteiger partial charge in [0.1, 0.15) is 0 Å². The normalized spacial score (nSPS) is 13.3. The van der Waals surface area contributed by atoms with E-state index in [2.05, 4.69) is 21.3 Å². The van der Waals surface area contributed by atoms with E-state index in [4.69, 9.17) is 0 Å². The highest BCUT2D eigenvalue weighted by atomic mass is 16.2. The molecule has 0 atom stereocenters.